The molecule has 0 aromatic heterocycles. The molecule has 0 aliphatic carbocycles. The third-order valence-corrected chi connectivity index (χ3v) is 7.71. The Labute approximate surface area is 272 Å². The molecular formula is C39H35FN2O5. The van der Waals surface area contributed by atoms with Gasteiger partial charge in [-0.05, 0) is 83.6 Å². The van der Waals surface area contributed by atoms with E-state index in [0.717, 1.165) is 71.0 Å². The molecule has 0 amide bonds. The number of esters is 2. The van der Waals surface area contributed by atoms with Crippen LogP contribution in [0, 0.1) is 5.82 Å². The molecule has 0 heterocycles. The average molecular weight is 631 g/mol. The van der Waals surface area contributed by atoms with E-state index in [1.165, 1.54) is 12.1 Å². The number of fused-ring (bicyclic) bond motifs is 2. The lowest BCUT2D eigenvalue weighted by Crippen LogP contribution is -2.10. The zero-order valence-electron chi connectivity index (χ0n) is 26.1. The molecule has 8 heteroatoms. The Hall–Kier alpha value is -5.63. The molecule has 0 spiro atoms. The fraction of sp³-hybridized carbons (Fsp3) is 0.179. The van der Waals surface area contributed by atoms with Crippen molar-refractivity contribution in [3.63, 3.8) is 0 Å². The van der Waals surface area contributed by atoms with Crippen LogP contribution in [0.3, 0.4) is 0 Å². The molecule has 0 unspecified atom stereocenters. The summed E-state index contributed by atoms with van der Waals surface area (Å²) in [6, 6.07) is 27.4. The van der Waals surface area contributed by atoms with E-state index in [1.807, 2.05) is 60.7 Å². The fourth-order valence-electron chi connectivity index (χ4n) is 5.17. The molecule has 238 valence electrons. The van der Waals surface area contributed by atoms with Crippen LogP contribution in [0.4, 0.5) is 4.39 Å². The standard InChI is InChI=1S/C39H35FN2O5/c1-26(2)38(44)46-22-10-4-3-5-11-27-16-18-28(19-17-27)39(45)47-36-21-20-35(43)34(37(36)40)25-42-41-24-33-31-14-8-6-12-29(31)23-30-13-7-9-15-32(30)33/h6-9,12-21,23-25,43H,1,3-5,10-11,22H2,2H3/b41-24+,42-25+. The Morgan fingerprint density at radius 3 is 2.09 bits per heavy atom. The van der Waals surface area contributed by atoms with E-state index >= 15 is 4.39 Å². The highest BCUT2D eigenvalue weighted by Gasteiger charge is 2.17. The van der Waals surface area contributed by atoms with Gasteiger partial charge in [-0.25, -0.2) is 14.0 Å². The van der Waals surface area contributed by atoms with Gasteiger partial charge in [0.05, 0.1) is 30.2 Å². The van der Waals surface area contributed by atoms with Crippen molar-refractivity contribution in [2.24, 2.45) is 10.2 Å². The maximum Gasteiger partial charge on any atom is 0.343 e. The Bertz CT molecular complexity index is 1930. The highest BCUT2D eigenvalue weighted by atomic mass is 19.1. The lowest BCUT2D eigenvalue weighted by Gasteiger charge is -2.09. The number of unbranched alkanes of at least 4 members (excludes halogenated alkanes) is 3. The zero-order valence-corrected chi connectivity index (χ0v) is 26.1. The second-order valence-electron chi connectivity index (χ2n) is 11.2. The molecule has 5 aromatic rings. The van der Waals surface area contributed by atoms with Crippen molar-refractivity contribution in [1.82, 2.24) is 0 Å². The molecule has 1 N–H and O–H groups in total. The van der Waals surface area contributed by atoms with Gasteiger partial charge in [-0.3, -0.25) is 0 Å². The van der Waals surface area contributed by atoms with Gasteiger partial charge in [0.25, 0.3) is 0 Å². The third-order valence-electron chi connectivity index (χ3n) is 7.71. The molecule has 0 radical (unpaired) electrons. The smallest absolute Gasteiger partial charge is 0.343 e. The predicted molar refractivity (Wildman–Crippen MR) is 184 cm³/mol. The van der Waals surface area contributed by atoms with Crippen LogP contribution in [0.25, 0.3) is 21.5 Å². The summed E-state index contributed by atoms with van der Waals surface area (Å²) in [5.41, 5.74) is 2.34. The summed E-state index contributed by atoms with van der Waals surface area (Å²) in [7, 11) is 0. The first kappa shape index (κ1) is 32.8. The van der Waals surface area contributed by atoms with Crippen LogP contribution in [0.5, 0.6) is 11.5 Å². The van der Waals surface area contributed by atoms with Gasteiger partial charge >= 0.3 is 11.9 Å². The van der Waals surface area contributed by atoms with Crippen molar-refractivity contribution in [3.8, 4) is 11.5 Å². The molecule has 0 saturated heterocycles. The minimum atomic E-state index is -0.932. The number of rotatable bonds is 13. The van der Waals surface area contributed by atoms with E-state index in [2.05, 4.69) is 22.8 Å². The van der Waals surface area contributed by atoms with Crippen molar-refractivity contribution in [3.05, 3.63) is 131 Å². The third kappa shape index (κ3) is 8.35. The van der Waals surface area contributed by atoms with Gasteiger partial charge in [0.2, 0.25) is 0 Å². The van der Waals surface area contributed by atoms with E-state index in [0.29, 0.717) is 12.2 Å². The minimum Gasteiger partial charge on any atom is -0.507 e. The monoisotopic (exact) mass is 630 g/mol. The quantitative estimate of drug-likeness (QED) is 0.0267. The summed E-state index contributed by atoms with van der Waals surface area (Å²) < 4.78 is 25.8. The maximum atomic E-state index is 15.4. The molecule has 0 aliphatic heterocycles. The highest BCUT2D eigenvalue weighted by molar-refractivity contribution is 6.13. The van der Waals surface area contributed by atoms with Gasteiger partial charge in [-0.1, -0.05) is 80.1 Å². The Morgan fingerprint density at radius 1 is 0.809 bits per heavy atom. The van der Waals surface area contributed by atoms with Crippen LogP contribution in [-0.2, 0) is 16.0 Å². The number of phenols is 1. The van der Waals surface area contributed by atoms with Crippen molar-refractivity contribution >= 4 is 45.9 Å². The molecule has 5 rings (SSSR count). The summed E-state index contributed by atoms with van der Waals surface area (Å²) in [4.78, 5) is 24.2. The van der Waals surface area contributed by atoms with Crippen molar-refractivity contribution in [2.75, 3.05) is 6.61 Å². The second kappa shape index (κ2) is 15.6. The predicted octanol–water partition coefficient (Wildman–Crippen LogP) is 8.73. The van der Waals surface area contributed by atoms with Gasteiger partial charge in [-0.15, -0.1) is 0 Å². The van der Waals surface area contributed by atoms with Crippen LogP contribution in [0.15, 0.2) is 113 Å². The average Bonchev–Trinajstić information content (AvgIpc) is 3.08. The van der Waals surface area contributed by atoms with Gasteiger partial charge in [-0.2, -0.15) is 10.2 Å². The summed E-state index contributed by atoms with van der Waals surface area (Å²) in [5, 5.41) is 22.6. The first-order chi connectivity index (χ1) is 22.8. The number of carbonyl (C=O) groups excluding carboxylic acids is 2. The number of carbonyl (C=O) groups is 2. The van der Waals surface area contributed by atoms with Crippen LogP contribution in [0.1, 0.15) is 59.7 Å². The van der Waals surface area contributed by atoms with E-state index in [4.69, 9.17) is 9.47 Å². The van der Waals surface area contributed by atoms with E-state index < -0.39 is 11.8 Å². The molecule has 0 aliphatic rings. The summed E-state index contributed by atoms with van der Waals surface area (Å²) >= 11 is 0. The molecule has 5 aromatic carbocycles. The number of aryl methyl sites for hydroxylation is 1. The lowest BCUT2D eigenvalue weighted by atomic mass is 9.97. The van der Waals surface area contributed by atoms with Crippen molar-refractivity contribution < 1.29 is 28.6 Å². The molecule has 7 nitrogen and oxygen atoms in total. The summed E-state index contributed by atoms with van der Waals surface area (Å²) in [5.74, 6) is -2.73. The maximum absolute atomic E-state index is 15.4. The number of phenolic OH excluding ortho intramolecular Hbond substituents is 1. The Balaban J connectivity index is 1.19. The van der Waals surface area contributed by atoms with Crippen LogP contribution in [0.2, 0.25) is 0 Å². The van der Waals surface area contributed by atoms with Crippen LogP contribution < -0.4 is 4.74 Å². The van der Waals surface area contributed by atoms with Crippen LogP contribution >= 0.6 is 0 Å². The van der Waals surface area contributed by atoms with Crippen LogP contribution in [-0.4, -0.2) is 36.1 Å². The second-order valence-corrected chi connectivity index (χ2v) is 11.2. The molecule has 0 bridgehead atoms. The van der Waals surface area contributed by atoms with E-state index in [9.17, 15) is 14.7 Å². The number of ether oxygens (including phenoxy) is 2. The zero-order chi connectivity index (χ0) is 33.2. The highest BCUT2D eigenvalue weighted by Crippen LogP contribution is 2.29. The van der Waals surface area contributed by atoms with Gasteiger partial charge in [0.15, 0.2) is 11.6 Å². The number of halogens is 1. The normalized spacial score (nSPS) is 11.4. The fourth-order valence-corrected chi connectivity index (χ4v) is 5.17. The number of hydrogen-bond donors (Lipinski definition) is 1. The van der Waals surface area contributed by atoms with Gasteiger partial charge < -0.3 is 14.6 Å². The van der Waals surface area contributed by atoms with Crippen molar-refractivity contribution in [1.29, 1.82) is 0 Å². The summed E-state index contributed by atoms with van der Waals surface area (Å²) in [6.07, 6.45) is 7.18. The molecule has 47 heavy (non-hydrogen) atoms. The summed E-state index contributed by atoms with van der Waals surface area (Å²) in [6.45, 7) is 5.57. The first-order valence-corrected chi connectivity index (χ1v) is 15.4. The number of benzene rings is 5. The number of nitrogens with zero attached hydrogens (tertiary/aromatic N) is 2. The first-order valence-electron chi connectivity index (χ1n) is 15.4. The molecular weight excluding hydrogens is 595 g/mol. The molecule has 0 fully saturated rings. The van der Waals surface area contributed by atoms with E-state index in [-0.39, 0.29) is 28.6 Å². The SMILES string of the molecule is C=C(C)C(=O)OCCCCCCc1ccc(C(=O)Oc2ccc(O)c(/C=N/N=C/c3c4ccccc4cc4ccccc34)c2F)cc1. The lowest BCUT2D eigenvalue weighted by molar-refractivity contribution is -0.139. The largest absolute Gasteiger partial charge is 0.507 e. The molecule has 0 atom stereocenters. The Morgan fingerprint density at radius 2 is 1.43 bits per heavy atom. The minimum absolute atomic E-state index is 0.250. The number of aromatic hydroxyl groups is 1. The Kier molecular flexibility index (Phi) is 10.9. The van der Waals surface area contributed by atoms with E-state index in [1.54, 1.807) is 25.3 Å². The number of hydrogen-bond acceptors (Lipinski definition) is 7. The van der Waals surface area contributed by atoms with Gasteiger partial charge in [0, 0.05) is 11.1 Å². The van der Waals surface area contributed by atoms with Gasteiger partial charge in [0.1, 0.15) is 5.75 Å². The topological polar surface area (TPSA) is 97.6 Å². The molecule has 0 saturated carbocycles. The van der Waals surface area contributed by atoms with Crippen molar-refractivity contribution in [2.45, 2.75) is 39.0 Å².